The normalized spacial score (nSPS) is 18.1. The van der Waals surface area contributed by atoms with Gasteiger partial charge < -0.3 is 4.74 Å². The Balaban J connectivity index is 1.58. The maximum Gasteiger partial charge on any atom is 0.280 e. The van der Waals surface area contributed by atoms with E-state index in [1.54, 1.807) is 7.11 Å². The minimum absolute atomic E-state index is 0.0868. The molecule has 1 aromatic carbocycles. The molecule has 148 valence electrons. The molecule has 0 amide bonds. The molecule has 8 heteroatoms. The van der Waals surface area contributed by atoms with Crippen LogP contribution in [-0.2, 0) is 6.54 Å². The molecule has 0 aliphatic carbocycles. The third kappa shape index (κ3) is 3.69. The molecule has 28 heavy (non-hydrogen) atoms. The Morgan fingerprint density at radius 1 is 1.29 bits per heavy atom. The predicted octanol–water partition coefficient (Wildman–Crippen LogP) is 3.76. The zero-order chi connectivity index (χ0) is 19.7. The van der Waals surface area contributed by atoms with E-state index in [0.717, 1.165) is 48.3 Å². The van der Waals surface area contributed by atoms with Crippen molar-refractivity contribution in [3.05, 3.63) is 53.1 Å². The minimum atomic E-state index is -2.62. The van der Waals surface area contributed by atoms with Crippen LogP contribution in [0.3, 0.4) is 0 Å². The second kappa shape index (κ2) is 7.79. The van der Waals surface area contributed by atoms with E-state index in [0.29, 0.717) is 5.69 Å². The fourth-order valence-electron chi connectivity index (χ4n) is 3.93. The molecule has 4 rings (SSSR count). The first-order chi connectivity index (χ1) is 13.5. The molecule has 1 aliphatic heterocycles. The van der Waals surface area contributed by atoms with Gasteiger partial charge in [-0.15, -0.1) is 0 Å². The molecule has 0 bridgehead atoms. The average molecular weight is 387 g/mol. The van der Waals surface area contributed by atoms with Crippen LogP contribution >= 0.6 is 0 Å². The molecule has 0 radical (unpaired) electrons. The van der Waals surface area contributed by atoms with Gasteiger partial charge in [-0.3, -0.25) is 4.90 Å². The summed E-state index contributed by atoms with van der Waals surface area (Å²) in [5.74, 6) is 1.18. The number of hydrogen-bond donors (Lipinski definition) is 0. The standard InChI is InChI=1S/C20H23F2N5O/c1-13-5-6-18(28-2)15(8-13)11-26-7-3-4-14(10-26)16-9-17(19(21)22)27-20(25-16)23-12-24-27/h5-6,8-9,12,14,19H,3-4,7,10-11H2,1-2H3. The lowest BCUT2D eigenvalue weighted by Crippen LogP contribution is -2.34. The van der Waals surface area contributed by atoms with E-state index in [9.17, 15) is 8.78 Å². The Morgan fingerprint density at radius 2 is 2.14 bits per heavy atom. The van der Waals surface area contributed by atoms with E-state index in [1.165, 1.54) is 18.0 Å². The Morgan fingerprint density at radius 3 is 2.93 bits per heavy atom. The number of piperidine rings is 1. The molecule has 0 N–H and O–H groups in total. The van der Waals surface area contributed by atoms with Gasteiger partial charge in [-0.05, 0) is 38.4 Å². The first kappa shape index (κ1) is 18.7. The van der Waals surface area contributed by atoms with Crippen molar-refractivity contribution in [2.75, 3.05) is 20.2 Å². The fourth-order valence-corrected chi connectivity index (χ4v) is 3.93. The molecule has 6 nitrogen and oxygen atoms in total. The summed E-state index contributed by atoms with van der Waals surface area (Å²) >= 11 is 0. The van der Waals surface area contributed by atoms with Crippen molar-refractivity contribution in [1.82, 2.24) is 24.5 Å². The van der Waals surface area contributed by atoms with Gasteiger partial charge in [0.25, 0.3) is 12.2 Å². The van der Waals surface area contributed by atoms with Gasteiger partial charge in [-0.1, -0.05) is 17.7 Å². The van der Waals surface area contributed by atoms with Gasteiger partial charge in [-0.2, -0.15) is 14.6 Å². The first-order valence-corrected chi connectivity index (χ1v) is 9.39. The van der Waals surface area contributed by atoms with Crippen molar-refractivity contribution in [1.29, 1.82) is 0 Å². The highest BCUT2D eigenvalue weighted by Gasteiger charge is 2.26. The quantitative estimate of drug-likeness (QED) is 0.667. The highest BCUT2D eigenvalue weighted by molar-refractivity contribution is 5.37. The first-order valence-electron chi connectivity index (χ1n) is 9.39. The number of alkyl halides is 2. The van der Waals surface area contributed by atoms with Gasteiger partial charge in [0.1, 0.15) is 17.8 Å². The third-order valence-electron chi connectivity index (χ3n) is 5.28. The molecule has 0 spiro atoms. The average Bonchev–Trinajstić information content (AvgIpc) is 3.16. The molecule has 1 saturated heterocycles. The number of benzene rings is 1. The number of rotatable bonds is 5. The Kier molecular flexibility index (Phi) is 5.21. The van der Waals surface area contributed by atoms with E-state index in [-0.39, 0.29) is 17.4 Å². The molecular formula is C20H23F2N5O. The third-order valence-corrected chi connectivity index (χ3v) is 5.28. The molecule has 2 aromatic heterocycles. The number of halogens is 2. The highest BCUT2D eigenvalue weighted by Crippen LogP contribution is 2.31. The van der Waals surface area contributed by atoms with Crippen LogP contribution in [0, 0.1) is 6.92 Å². The fraction of sp³-hybridized carbons (Fsp3) is 0.450. The van der Waals surface area contributed by atoms with Crippen molar-refractivity contribution in [3.63, 3.8) is 0 Å². The summed E-state index contributed by atoms with van der Waals surface area (Å²) in [7, 11) is 1.68. The van der Waals surface area contributed by atoms with E-state index in [1.807, 2.05) is 12.1 Å². The van der Waals surface area contributed by atoms with Crippen LogP contribution in [0.5, 0.6) is 5.75 Å². The van der Waals surface area contributed by atoms with Crippen LogP contribution in [0.15, 0.2) is 30.6 Å². The van der Waals surface area contributed by atoms with Crippen molar-refractivity contribution in [3.8, 4) is 5.75 Å². The van der Waals surface area contributed by atoms with E-state index >= 15 is 0 Å². The number of ether oxygens (including phenoxy) is 1. The highest BCUT2D eigenvalue weighted by atomic mass is 19.3. The van der Waals surface area contributed by atoms with E-state index < -0.39 is 6.43 Å². The van der Waals surface area contributed by atoms with Gasteiger partial charge >= 0.3 is 0 Å². The molecule has 1 fully saturated rings. The van der Waals surface area contributed by atoms with Gasteiger partial charge in [0, 0.05) is 24.6 Å². The monoisotopic (exact) mass is 387 g/mol. The number of aromatic nitrogens is 4. The number of hydrogen-bond acceptors (Lipinski definition) is 5. The van der Waals surface area contributed by atoms with E-state index in [4.69, 9.17) is 4.74 Å². The molecule has 3 aromatic rings. The second-order valence-electron chi connectivity index (χ2n) is 7.27. The van der Waals surface area contributed by atoms with Crippen LogP contribution in [0.1, 0.15) is 47.7 Å². The molecule has 1 aliphatic rings. The predicted molar refractivity (Wildman–Crippen MR) is 101 cm³/mol. The maximum absolute atomic E-state index is 13.5. The largest absolute Gasteiger partial charge is 0.496 e. The van der Waals surface area contributed by atoms with Gasteiger partial charge in [0.2, 0.25) is 0 Å². The SMILES string of the molecule is COc1ccc(C)cc1CN1CCCC(c2cc(C(F)F)n3ncnc3n2)C1. The van der Waals surface area contributed by atoms with Crippen LogP contribution in [0.4, 0.5) is 8.78 Å². The lowest BCUT2D eigenvalue weighted by Gasteiger charge is -2.33. The number of likely N-dealkylation sites (tertiary alicyclic amines) is 1. The Labute approximate surface area is 162 Å². The second-order valence-corrected chi connectivity index (χ2v) is 7.27. The molecule has 3 heterocycles. The van der Waals surface area contributed by atoms with Gasteiger partial charge in [0.15, 0.2) is 0 Å². The summed E-state index contributed by atoms with van der Waals surface area (Å²) in [4.78, 5) is 10.8. The summed E-state index contributed by atoms with van der Waals surface area (Å²) in [5.41, 5.74) is 2.83. The number of methoxy groups -OCH3 is 1. The van der Waals surface area contributed by atoms with Crippen LogP contribution in [0.2, 0.25) is 0 Å². The lowest BCUT2D eigenvalue weighted by molar-refractivity contribution is 0.142. The summed E-state index contributed by atoms with van der Waals surface area (Å²) < 4.78 is 33.5. The Bertz CT molecular complexity index is 974. The van der Waals surface area contributed by atoms with Gasteiger partial charge in [0.05, 0.1) is 12.8 Å². The van der Waals surface area contributed by atoms with Crippen molar-refractivity contribution < 1.29 is 13.5 Å². The Hall–Kier alpha value is -2.61. The van der Waals surface area contributed by atoms with Crippen molar-refractivity contribution in [2.45, 2.75) is 38.7 Å². The number of fused-ring (bicyclic) bond motifs is 1. The minimum Gasteiger partial charge on any atom is -0.496 e. The van der Waals surface area contributed by atoms with Crippen LogP contribution < -0.4 is 4.74 Å². The smallest absolute Gasteiger partial charge is 0.280 e. The molecule has 1 unspecified atom stereocenters. The zero-order valence-electron chi connectivity index (χ0n) is 16.0. The molecule has 1 atom stereocenters. The summed E-state index contributed by atoms with van der Waals surface area (Å²) in [6, 6.07) is 7.64. The van der Waals surface area contributed by atoms with Crippen molar-refractivity contribution in [2.24, 2.45) is 0 Å². The summed E-state index contributed by atoms with van der Waals surface area (Å²) in [5, 5.41) is 3.86. The maximum atomic E-state index is 13.5. The van der Waals surface area contributed by atoms with Crippen LogP contribution in [-0.4, -0.2) is 44.7 Å². The topological polar surface area (TPSA) is 55.6 Å². The zero-order valence-corrected chi connectivity index (χ0v) is 16.0. The molecule has 0 saturated carbocycles. The lowest BCUT2D eigenvalue weighted by atomic mass is 9.93. The number of aryl methyl sites for hydroxylation is 1. The number of nitrogens with zero attached hydrogens (tertiary/aromatic N) is 5. The van der Waals surface area contributed by atoms with E-state index in [2.05, 4.69) is 33.0 Å². The van der Waals surface area contributed by atoms with Crippen molar-refractivity contribution >= 4 is 5.78 Å². The van der Waals surface area contributed by atoms with Gasteiger partial charge in [-0.25, -0.2) is 13.8 Å². The molecular weight excluding hydrogens is 364 g/mol. The summed E-state index contributed by atoms with van der Waals surface area (Å²) in [6.07, 6.45) is 0.543. The van der Waals surface area contributed by atoms with Crippen LogP contribution in [0.25, 0.3) is 5.78 Å². The summed E-state index contributed by atoms with van der Waals surface area (Å²) in [6.45, 7) is 4.54.